The Labute approximate surface area is 77.2 Å². The number of hydroxylamine groups is 2. The molecule has 0 aromatic heterocycles. The molecule has 1 amide bonds. The molecule has 1 aliphatic carbocycles. The molecule has 3 aliphatic rings. The van der Waals surface area contributed by atoms with Crippen LogP contribution in [-0.2, 0) is 9.63 Å². The summed E-state index contributed by atoms with van der Waals surface area (Å²) in [7, 11) is 0. The lowest BCUT2D eigenvalue weighted by atomic mass is 10.2. The Bertz CT molecular complexity index is 244. The Morgan fingerprint density at radius 2 is 2.38 bits per heavy atom. The average molecular weight is 182 g/mol. The summed E-state index contributed by atoms with van der Waals surface area (Å²) in [5, 5.41) is 4.88. The predicted octanol–water partition coefficient (Wildman–Crippen LogP) is 0.0448. The fraction of sp³-hybridized carbons (Fsp3) is 0.889. The zero-order valence-electron chi connectivity index (χ0n) is 7.58. The summed E-state index contributed by atoms with van der Waals surface area (Å²) in [6.07, 6.45) is 3.77. The van der Waals surface area contributed by atoms with Gasteiger partial charge in [-0.3, -0.25) is 9.63 Å². The van der Waals surface area contributed by atoms with Crippen molar-refractivity contribution >= 4 is 5.91 Å². The Kier molecular flexibility index (Phi) is 1.46. The maximum Gasteiger partial charge on any atom is 0.249 e. The summed E-state index contributed by atoms with van der Waals surface area (Å²) in [4.78, 5) is 17.3. The second-order valence-corrected chi connectivity index (χ2v) is 4.32. The van der Waals surface area contributed by atoms with Gasteiger partial charge in [-0.15, -0.1) is 0 Å². The van der Waals surface area contributed by atoms with Crippen molar-refractivity contribution in [1.29, 1.82) is 0 Å². The molecular formula is C9H14N2O2. The number of carbonyl (C=O) groups is 1. The van der Waals surface area contributed by atoms with E-state index < -0.39 is 0 Å². The Hall–Kier alpha value is -0.610. The van der Waals surface area contributed by atoms with E-state index in [2.05, 4.69) is 5.32 Å². The molecule has 1 spiro atoms. The van der Waals surface area contributed by atoms with Crippen LogP contribution in [0, 0.1) is 0 Å². The molecule has 1 saturated carbocycles. The van der Waals surface area contributed by atoms with Gasteiger partial charge in [0.25, 0.3) is 0 Å². The number of nitrogens with zero attached hydrogens (tertiary/aromatic N) is 1. The van der Waals surface area contributed by atoms with E-state index in [9.17, 15) is 4.79 Å². The molecule has 13 heavy (non-hydrogen) atoms. The highest BCUT2D eigenvalue weighted by Crippen LogP contribution is 2.48. The SMILES string of the molecule is O=C1CC2(CC2)ON1C1CCNC1. The molecule has 2 aliphatic heterocycles. The molecule has 0 bridgehead atoms. The number of nitrogens with one attached hydrogen (secondary N) is 1. The largest absolute Gasteiger partial charge is 0.315 e. The first kappa shape index (κ1) is 7.76. The molecule has 3 fully saturated rings. The van der Waals surface area contributed by atoms with Crippen LogP contribution in [0.15, 0.2) is 0 Å². The van der Waals surface area contributed by atoms with Crippen LogP contribution < -0.4 is 5.32 Å². The van der Waals surface area contributed by atoms with Crippen molar-refractivity contribution in [2.24, 2.45) is 0 Å². The van der Waals surface area contributed by atoms with Crippen LogP contribution in [0.4, 0.5) is 0 Å². The number of carbonyl (C=O) groups excluding carboxylic acids is 1. The standard InChI is InChI=1S/C9H14N2O2/c12-8-5-9(2-3-9)13-11(8)7-1-4-10-6-7/h7,10H,1-6H2. The third kappa shape index (κ3) is 1.16. The second-order valence-electron chi connectivity index (χ2n) is 4.32. The summed E-state index contributed by atoms with van der Waals surface area (Å²) in [6.45, 7) is 1.90. The van der Waals surface area contributed by atoms with Gasteiger partial charge in [0.05, 0.1) is 12.5 Å². The van der Waals surface area contributed by atoms with Crippen molar-refractivity contribution in [2.75, 3.05) is 13.1 Å². The summed E-state index contributed by atoms with van der Waals surface area (Å²) in [5.41, 5.74) is -0.0559. The van der Waals surface area contributed by atoms with Crippen molar-refractivity contribution in [3.05, 3.63) is 0 Å². The Morgan fingerprint density at radius 3 is 2.92 bits per heavy atom. The number of amides is 1. The lowest BCUT2D eigenvalue weighted by Crippen LogP contribution is -2.37. The quantitative estimate of drug-likeness (QED) is 0.622. The monoisotopic (exact) mass is 182 g/mol. The number of hydrogen-bond donors (Lipinski definition) is 1. The third-order valence-electron chi connectivity index (χ3n) is 3.18. The van der Waals surface area contributed by atoms with Crippen molar-refractivity contribution in [2.45, 2.75) is 37.3 Å². The summed E-state index contributed by atoms with van der Waals surface area (Å²) in [6, 6.07) is 0.285. The van der Waals surface area contributed by atoms with E-state index in [1.54, 1.807) is 5.06 Å². The van der Waals surface area contributed by atoms with E-state index in [1.165, 1.54) is 0 Å². The Morgan fingerprint density at radius 1 is 1.54 bits per heavy atom. The fourth-order valence-corrected chi connectivity index (χ4v) is 2.17. The molecule has 2 heterocycles. The third-order valence-corrected chi connectivity index (χ3v) is 3.18. The molecule has 0 aromatic carbocycles. The maximum absolute atomic E-state index is 11.6. The van der Waals surface area contributed by atoms with Crippen LogP contribution in [0.5, 0.6) is 0 Å². The van der Waals surface area contributed by atoms with Gasteiger partial charge in [-0.2, -0.15) is 0 Å². The van der Waals surface area contributed by atoms with Gasteiger partial charge >= 0.3 is 0 Å². The molecule has 2 saturated heterocycles. The zero-order chi connectivity index (χ0) is 8.89. The highest BCUT2D eigenvalue weighted by molar-refractivity contribution is 5.79. The van der Waals surface area contributed by atoms with Crippen molar-refractivity contribution in [3.63, 3.8) is 0 Å². The van der Waals surface area contributed by atoms with Gasteiger partial charge in [-0.1, -0.05) is 0 Å². The van der Waals surface area contributed by atoms with Crippen LogP contribution in [-0.4, -0.2) is 35.7 Å². The molecule has 1 unspecified atom stereocenters. The van der Waals surface area contributed by atoms with Crippen molar-refractivity contribution < 1.29 is 9.63 Å². The molecule has 1 N–H and O–H groups in total. The first-order valence-corrected chi connectivity index (χ1v) is 5.01. The lowest BCUT2D eigenvalue weighted by molar-refractivity contribution is -0.191. The highest BCUT2D eigenvalue weighted by atomic mass is 16.7. The topological polar surface area (TPSA) is 41.6 Å². The zero-order valence-corrected chi connectivity index (χ0v) is 7.58. The molecule has 0 radical (unpaired) electrons. The minimum absolute atomic E-state index is 0.0559. The van der Waals surface area contributed by atoms with Gasteiger partial charge in [0, 0.05) is 6.54 Å². The van der Waals surface area contributed by atoms with Crippen LogP contribution in [0.2, 0.25) is 0 Å². The maximum atomic E-state index is 11.6. The van der Waals surface area contributed by atoms with E-state index in [1.807, 2.05) is 0 Å². The van der Waals surface area contributed by atoms with E-state index in [0.717, 1.165) is 32.4 Å². The normalized spacial score (nSPS) is 36.2. The Balaban J connectivity index is 1.73. The van der Waals surface area contributed by atoms with Gasteiger partial charge in [-0.25, -0.2) is 5.06 Å². The predicted molar refractivity (Wildman–Crippen MR) is 45.8 cm³/mol. The van der Waals surface area contributed by atoms with Crippen LogP contribution in [0.1, 0.15) is 25.7 Å². The molecule has 4 heteroatoms. The van der Waals surface area contributed by atoms with Gasteiger partial charge in [0.2, 0.25) is 5.91 Å². The first-order valence-electron chi connectivity index (χ1n) is 5.01. The lowest BCUT2D eigenvalue weighted by Gasteiger charge is -2.22. The first-order chi connectivity index (χ1) is 6.29. The summed E-state index contributed by atoms with van der Waals surface area (Å²) in [5.74, 6) is 0.186. The molecule has 3 rings (SSSR count). The minimum atomic E-state index is -0.0559. The number of hydrogen-bond acceptors (Lipinski definition) is 3. The average Bonchev–Trinajstić information content (AvgIpc) is 2.60. The van der Waals surface area contributed by atoms with Gasteiger partial charge in [0.1, 0.15) is 5.60 Å². The molecule has 4 nitrogen and oxygen atoms in total. The summed E-state index contributed by atoms with van der Waals surface area (Å²) >= 11 is 0. The van der Waals surface area contributed by atoms with Crippen LogP contribution >= 0.6 is 0 Å². The molecule has 72 valence electrons. The van der Waals surface area contributed by atoms with E-state index in [4.69, 9.17) is 4.84 Å². The van der Waals surface area contributed by atoms with Crippen molar-refractivity contribution in [1.82, 2.24) is 10.4 Å². The van der Waals surface area contributed by atoms with Crippen molar-refractivity contribution in [3.8, 4) is 0 Å². The van der Waals surface area contributed by atoms with E-state index >= 15 is 0 Å². The summed E-state index contributed by atoms with van der Waals surface area (Å²) < 4.78 is 0. The second kappa shape index (κ2) is 2.45. The molecule has 0 aromatic rings. The van der Waals surface area contributed by atoms with Gasteiger partial charge in [0.15, 0.2) is 0 Å². The minimum Gasteiger partial charge on any atom is -0.315 e. The smallest absolute Gasteiger partial charge is 0.249 e. The van der Waals surface area contributed by atoms with Gasteiger partial charge < -0.3 is 5.32 Å². The van der Waals surface area contributed by atoms with E-state index in [-0.39, 0.29) is 17.6 Å². The fourth-order valence-electron chi connectivity index (χ4n) is 2.17. The van der Waals surface area contributed by atoms with Gasteiger partial charge in [-0.05, 0) is 25.8 Å². The molecule has 1 atom stereocenters. The van der Waals surface area contributed by atoms with Crippen LogP contribution in [0.3, 0.4) is 0 Å². The molecular weight excluding hydrogens is 168 g/mol. The highest BCUT2D eigenvalue weighted by Gasteiger charge is 2.55. The number of rotatable bonds is 1. The van der Waals surface area contributed by atoms with Crippen LogP contribution in [0.25, 0.3) is 0 Å². The van der Waals surface area contributed by atoms with E-state index in [0.29, 0.717) is 6.42 Å².